The van der Waals surface area contributed by atoms with Crippen LogP contribution >= 0.6 is 11.6 Å². The maximum Gasteiger partial charge on any atom is 0.179 e. The highest BCUT2D eigenvalue weighted by molar-refractivity contribution is 6.31. The molecule has 1 aromatic carbocycles. The van der Waals surface area contributed by atoms with Crippen molar-refractivity contribution in [2.75, 3.05) is 13.6 Å². The summed E-state index contributed by atoms with van der Waals surface area (Å²) >= 11 is 5.62. The first kappa shape index (κ1) is 11.1. The van der Waals surface area contributed by atoms with Crippen LogP contribution in [-0.4, -0.2) is 19.4 Å². The zero-order chi connectivity index (χ0) is 10.7. The zero-order valence-corrected chi connectivity index (χ0v) is 8.78. The Labute approximate surface area is 87.1 Å². The Balaban J connectivity index is 3.13. The number of hydrogen-bond donors (Lipinski definition) is 1. The molecule has 0 aliphatic carbocycles. The monoisotopic (exact) mass is 215 g/mol. The van der Waals surface area contributed by atoms with E-state index in [2.05, 4.69) is 5.32 Å². The molecule has 0 bridgehead atoms. The molecule has 0 aliphatic rings. The summed E-state index contributed by atoms with van der Waals surface area (Å²) in [5.41, 5.74) is 0.820. The summed E-state index contributed by atoms with van der Waals surface area (Å²) in [6.45, 7) is 1.87. The number of rotatable bonds is 3. The molecule has 0 saturated carbocycles. The van der Waals surface area contributed by atoms with Gasteiger partial charge in [0.25, 0.3) is 0 Å². The fraction of sp³-hybridized carbons (Fsp3) is 0.300. The molecule has 1 N–H and O–H groups in total. The van der Waals surface area contributed by atoms with E-state index in [1.54, 1.807) is 14.0 Å². The lowest BCUT2D eigenvalue weighted by Crippen LogP contribution is -2.19. The molecule has 0 amide bonds. The minimum atomic E-state index is -0.641. The van der Waals surface area contributed by atoms with Crippen molar-refractivity contribution in [3.8, 4) is 0 Å². The molecule has 76 valence electrons. The second-order valence-electron chi connectivity index (χ2n) is 3.06. The maximum atomic E-state index is 13.4. The Morgan fingerprint density at radius 3 is 2.79 bits per heavy atom. The molecule has 0 spiro atoms. The van der Waals surface area contributed by atoms with Gasteiger partial charge in [-0.25, -0.2) is 4.39 Å². The Hall–Kier alpha value is -0.930. The van der Waals surface area contributed by atoms with Crippen molar-refractivity contribution in [2.45, 2.75) is 6.92 Å². The zero-order valence-electron chi connectivity index (χ0n) is 8.03. The quantitative estimate of drug-likeness (QED) is 0.784. The summed E-state index contributed by atoms with van der Waals surface area (Å²) in [5.74, 6) is -0.937. The minimum absolute atomic E-state index is 0.00977. The number of likely N-dealkylation sites (N-methyl/N-ethyl adjacent to an activating group) is 1. The number of carbonyl (C=O) groups excluding carboxylic acids is 1. The van der Waals surface area contributed by atoms with Gasteiger partial charge < -0.3 is 5.32 Å². The van der Waals surface area contributed by atoms with Gasteiger partial charge in [0.2, 0.25) is 0 Å². The van der Waals surface area contributed by atoms with E-state index in [0.29, 0.717) is 0 Å². The van der Waals surface area contributed by atoms with Crippen LogP contribution < -0.4 is 5.32 Å². The predicted molar refractivity (Wildman–Crippen MR) is 54.4 cm³/mol. The largest absolute Gasteiger partial charge is 0.313 e. The van der Waals surface area contributed by atoms with Crippen molar-refractivity contribution in [1.82, 2.24) is 5.32 Å². The molecule has 1 rings (SSSR count). The Kier molecular flexibility index (Phi) is 3.61. The van der Waals surface area contributed by atoms with Gasteiger partial charge in [-0.1, -0.05) is 11.6 Å². The van der Waals surface area contributed by atoms with E-state index < -0.39 is 5.82 Å². The molecule has 0 atom stereocenters. The molecule has 1 aromatic rings. The molecule has 0 radical (unpaired) electrons. The van der Waals surface area contributed by atoms with E-state index in [0.717, 1.165) is 5.56 Å². The summed E-state index contributed by atoms with van der Waals surface area (Å²) in [5, 5.41) is 2.66. The topological polar surface area (TPSA) is 29.1 Å². The minimum Gasteiger partial charge on any atom is -0.313 e. The van der Waals surface area contributed by atoms with E-state index in [-0.39, 0.29) is 22.9 Å². The van der Waals surface area contributed by atoms with Crippen LogP contribution in [0.4, 0.5) is 4.39 Å². The lowest BCUT2D eigenvalue weighted by molar-refractivity contribution is 0.0989. The van der Waals surface area contributed by atoms with Gasteiger partial charge in [0.15, 0.2) is 11.6 Å². The molecule has 0 heterocycles. The standard InChI is InChI=1S/C10H11ClFNO/c1-6-3-7(9(14)5-13-2)10(12)8(11)4-6/h3-4,13H,5H2,1-2H3. The molecule has 0 aromatic heterocycles. The van der Waals surface area contributed by atoms with Crippen LogP contribution in [-0.2, 0) is 0 Å². The molecular formula is C10H11ClFNO. The Bertz CT molecular complexity index is 365. The van der Waals surface area contributed by atoms with E-state index in [4.69, 9.17) is 11.6 Å². The van der Waals surface area contributed by atoms with Crippen LogP contribution in [0.5, 0.6) is 0 Å². The van der Waals surface area contributed by atoms with Crippen molar-refractivity contribution < 1.29 is 9.18 Å². The summed E-state index contributed by atoms with van der Waals surface area (Å²) < 4.78 is 13.4. The maximum absolute atomic E-state index is 13.4. The third kappa shape index (κ3) is 2.30. The lowest BCUT2D eigenvalue weighted by Gasteiger charge is -2.05. The highest BCUT2D eigenvalue weighted by Crippen LogP contribution is 2.20. The van der Waals surface area contributed by atoms with Gasteiger partial charge in [0.1, 0.15) is 0 Å². The fourth-order valence-corrected chi connectivity index (χ4v) is 1.46. The van der Waals surface area contributed by atoms with Crippen molar-refractivity contribution >= 4 is 17.4 Å². The molecule has 4 heteroatoms. The normalized spacial score (nSPS) is 10.3. The molecular weight excluding hydrogens is 205 g/mol. The molecule has 0 saturated heterocycles. The number of benzene rings is 1. The molecule has 0 aliphatic heterocycles. The highest BCUT2D eigenvalue weighted by atomic mass is 35.5. The van der Waals surface area contributed by atoms with Crippen molar-refractivity contribution in [3.05, 3.63) is 34.1 Å². The van der Waals surface area contributed by atoms with E-state index in [1.165, 1.54) is 12.1 Å². The summed E-state index contributed by atoms with van der Waals surface area (Å²) in [6, 6.07) is 2.99. The molecule has 0 unspecified atom stereocenters. The van der Waals surface area contributed by atoms with Crippen LogP contribution in [0, 0.1) is 12.7 Å². The van der Waals surface area contributed by atoms with Crippen LogP contribution in [0.2, 0.25) is 5.02 Å². The van der Waals surface area contributed by atoms with E-state index >= 15 is 0 Å². The molecule has 2 nitrogen and oxygen atoms in total. The van der Waals surface area contributed by atoms with Crippen LogP contribution in [0.15, 0.2) is 12.1 Å². The van der Waals surface area contributed by atoms with Crippen molar-refractivity contribution in [2.24, 2.45) is 0 Å². The van der Waals surface area contributed by atoms with Gasteiger partial charge in [-0.05, 0) is 31.7 Å². The van der Waals surface area contributed by atoms with Gasteiger partial charge in [-0.15, -0.1) is 0 Å². The van der Waals surface area contributed by atoms with E-state index in [1.807, 2.05) is 0 Å². The summed E-state index contributed by atoms with van der Waals surface area (Å²) in [7, 11) is 1.63. The number of carbonyl (C=O) groups is 1. The number of hydrogen-bond acceptors (Lipinski definition) is 2. The third-order valence-corrected chi connectivity index (χ3v) is 2.09. The smallest absolute Gasteiger partial charge is 0.179 e. The average molecular weight is 216 g/mol. The second kappa shape index (κ2) is 4.53. The molecule has 14 heavy (non-hydrogen) atoms. The van der Waals surface area contributed by atoms with Crippen molar-refractivity contribution in [1.29, 1.82) is 0 Å². The van der Waals surface area contributed by atoms with Crippen molar-refractivity contribution in [3.63, 3.8) is 0 Å². The van der Waals surface area contributed by atoms with Crippen LogP contribution in [0.3, 0.4) is 0 Å². The number of ketones is 1. The first-order valence-electron chi connectivity index (χ1n) is 4.19. The summed E-state index contributed by atoms with van der Waals surface area (Å²) in [4.78, 5) is 11.4. The Morgan fingerprint density at radius 2 is 2.21 bits per heavy atom. The fourth-order valence-electron chi connectivity index (χ4n) is 1.18. The second-order valence-corrected chi connectivity index (χ2v) is 3.47. The van der Waals surface area contributed by atoms with Gasteiger partial charge in [-0.3, -0.25) is 4.79 Å². The van der Waals surface area contributed by atoms with Crippen LogP contribution in [0.25, 0.3) is 0 Å². The Morgan fingerprint density at radius 1 is 1.57 bits per heavy atom. The van der Waals surface area contributed by atoms with E-state index in [9.17, 15) is 9.18 Å². The SMILES string of the molecule is CNCC(=O)c1cc(C)cc(Cl)c1F. The average Bonchev–Trinajstić information content (AvgIpc) is 2.11. The highest BCUT2D eigenvalue weighted by Gasteiger charge is 2.14. The summed E-state index contributed by atoms with van der Waals surface area (Å²) in [6.07, 6.45) is 0. The van der Waals surface area contributed by atoms with Gasteiger partial charge in [-0.2, -0.15) is 0 Å². The first-order valence-corrected chi connectivity index (χ1v) is 4.57. The van der Waals surface area contributed by atoms with Crippen LogP contribution in [0.1, 0.15) is 15.9 Å². The van der Waals surface area contributed by atoms with Gasteiger partial charge in [0, 0.05) is 0 Å². The molecule has 0 fully saturated rings. The predicted octanol–water partition coefficient (Wildman–Crippen LogP) is 2.19. The number of Topliss-reactive ketones (excluding diaryl/α,β-unsaturated/α-hetero) is 1. The van der Waals surface area contributed by atoms with Gasteiger partial charge >= 0.3 is 0 Å². The number of nitrogens with one attached hydrogen (secondary N) is 1. The van der Waals surface area contributed by atoms with Gasteiger partial charge in [0.05, 0.1) is 17.1 Å². The number of halogens is 2. The third-order valence-electron chi connectivity index (χ3n) is 1.81. The first-order chi connectivity index (χ1) is 6.56. The number of aryl methyl sites for hydroxylation is 1. The lowest BCUT2D eigenvalue weighted by atomic mass is 10.1.